The highest BCUT2D eigenvalue weighted by molar-refractivity contribution is 7.15. The Morgan fingerprint density at radius 1 is 0.974 bits per heavy atom. The van der Waals surface area contributed by atoms with E-state index in [1.54, 1.807) is 14.2 Å². The molecule has 7 heteroatoms. The van der Waals surface area contributed by atoms with Crippen LogP contribution in [0.4, 0.5) is 10.5 Å². The first-order valence-electron chi connectivity index (χ1n) is 13.7. The van der Waals surface area contributed by atoms with Crippen LogP contribution in [-0.2, 0) is 19.4 Å². The normalized spacial score (nSPS) is 16.2. The summed E-state index contributed by atoms with van der Waals surface area (Å²) in [5, 5.41) is 4.42. The molecule has 0 bridgehead atoms. The first-order chi connectivity index (χ1) is 19.0. The van der Waals surface area contributed by atoms with Crippen molar-refractivity contribution in [1.82, 2.24) is 9.47 Å². The maximum absolute atomic E-state index is 14.2. The highest BCUT2D eigenvalue weighted by atomic mass is 32.1. The molecule has 2 aromatic heterocycles. The largest absolute Gasteiger partial charge is 0.493 e. The van der Waals surface area contributed by atoms with Gasteiger partial charge in [0.2, 0.25) is 0 Å². The van der Waals surface area contributed by atoms with Gasteiger partial charge < -0.3 is 24.3 Å². The minimum absolute atomic E-state index is 0.142. The summed E-state index contributed by atoms with van der Waals surface area (Å²) in [5.74, 6) is 1.65. The number of thiophene rings is 1. The van der Waals surface area contributed by atoms with Crippen LogP contribution >= 0.6 is 11.3 Å². The van der Waals surface area contributed by atoms with Crippen molar-refractivity contribution in [2.24, 2.45) is 0 Å². The SMILES string of the molecule is COc1ccc(NC(=O)N2Cc3c(sc4c3CCCC4)-n3cccc3[C@@H]2c2ccc(C(C)C)cc2)cc1OC. The number of aromatic nitrogens is 1. The number of fused-ring (bicyclic) bond motifs is 5. The van der Waals surface area contributed by atoms with E-state index in [1.165, 1.54) is 39.4 Å². The summed E-state index contributed by atoms with van der Waals surface area (Å²) in [4.78, 5) is 17.7. The number of nitrogens with one attached hydrogen (secondary N) is 1. The fraction of sp³-hybridized carbons (Fsp3) is 0.344. The zero-order chi connectivity index (χ0) is 27.1. The van der Waals surface area contributed by atoms with Gasteiger partial charge in [0.15, 0.2) is 11.5 Å². The average Bonchev–Trinajstić information content (AvgIpc) is 3.54. The first kappa shape index (κ1) is 25.6. The Balaban J connectivity index is 1.45. The molecule has 39 heavy (non-hydrogen) atoms. The Kier molecular flexibility index (Phi) is 6.85. The predicted octanol–water partition coefficient (Wildman–Crippen LogP) is 7.70. The number of carbonyl (C=O) groups excluding carboxylic acids is 1. The highest BCUT2D eigenvalue weighted by Crippen LogP contribution is 2.44. The molecule has 3 heterocycles. The average molecular weight is 542 g/mol. The summed E-state index contributed by atoms with van der Waals surface area (Å²) < 4.78 is 13.2. The molecule has 2 aliphatic rings. The van der Waals surface area contributed by atoms with Gasteiger partial charge in [0, 0.05) is 28.4 Å². The third kappa shape index (κ3) is 4.59. The molecule has 6 nitrogen and oxygen atoms in total. The molecule has 1 aliphatic heterocycles. The zero-order valence-corrected chi connectivity index (χ0v) is 23.8. The number of amides is 2. The van der Waals surface area contributed by atoms with Crippen molar-refractivity contribution in [1.29, 1.82) is 0 Å². The van der Waals surface area contributed by atoms with E-state index in [1.807, 2.05) is 34.4 Å². The van der Waals surface area contributed by atoms with E-state index < -0.39 is 0 Å². The van der Waals surface area contributed by atoms with Crippen LogP contribution < -0.4 is 14.8 Å². The summed E-state index contributed by atoms with van der Waals surface area (Å²) in [6.07, 6.45) is 6.80. The Bertz CT molecular complexity index is 1500. The van der Waals surface area contributed by atoms with Gasteiger partial charge in [0.05, 0.1) is 32.5 Å². The number of hydrogen-bond acceptors (Lipinski definition) is 4. The lowest BCUT2D eigenvalue weighted by atomic mass is 9.94. The minimum atomic E-state index is -0.236. The van der Waals surface area contributed by atoms with Crippen molar-refractivity contribution >= 4 is 23.1 Å². The molecule has 0 fully saturated rings. The van der Waals surface area contributed by atoms with Crippen LogP contribution in [0.1, 0.15) is 71.5 Å². The molecule has 2 amide bonds. The summed E-state index contributed by atoms with van der Waals surface area (Å²) in [6, 6.07) is 18.1. The summed E-state index contributed by atoms with van der Waals surface area (Å²) in [7, 11) is 3.21. The third-order valence-corrected chi connectivity index (χ3v) is 9.33. The van der Waals surface area contributed by atoms with Crippen molar-refractivity contribution in [2.45, 2.75) is 58.0 Å². The molecule has 0 spiro atoms. The lowest BCUT2D eigenvalue weighted by Gasteiger charge is -2.31. The van der Waals surface area contributed by atoms with E-state index in [0.29, 0.717) is 29.6 Å². The summed E-state index contributed by atoms with van der Waals surface area (Å²) in [6.45, 7) is 4.96. The number of urea groups is 1. The molecule has 0 unspecified atom stereocenters. The second-order valence-electron chi connectivity index (χ2n) is 10.6. The second kappa shape index (κ2) is 10.5. The van der Waals surface area contributed by atoms with Gasteiger partial charge in [0.25, 0.3) is 0 Å². The molecule has 0 saturated carbocycles. The van der Waals surface area contributed by atoms with Gasteiger partial charge in [0.1, 0.15) is 5.00 Å². The van der Waals surface area contributed by atoms with Gasteiger partial charge >= 0.3 is 6.03 Å². The van der Waals surface area contributed by atoms with Crippen LogP contribution in [0, 0.1) is 0 Å². The Morgan fingerprint density at radius 3 is 2.49 bits per heavy atom. The lowest BCUT2D eigenvalue weighted by Crippen LogP contribution is -2.38. The molecule has 6 rings (SSSR count). The van der Waals surface area contributed by atoms with Crippen LogP contribution in [0.2, 0.25) is 0 Å². The van der Waals surface area contributed by atoms with E-state index in [0.717, 1.165) is 24.1 Å². The van der Waals surface area contributed by atoms with Gasteiger partial charge in [-0.15, -0.1) is 11.3 Å². The fourth-order valence-electron chi connectivity index (χ4n) is 5.91. The molecule has 2 aromatic carbocycles. The van der Waals surface area contributed by atoms with Gasteiger partial charge in [-0.05, 0) is 72.6 Å². The maximum atomic E-state index is 14.2. The topological polar surface area (TPSA) is 55.7 Å². The molecule has 4 aromatic rings. The monoisotopic (exact) mass is 541 g/mol. The number of benzene rings is 2. The second-order valence-corrected chi connectivity index (χ2v) is 11.7. The van der Waals surface area contributed by atoms with E-state index in [-0.39, 0.29) is 12.1 Å². The number of ether oxygens (including phenoxy) is 2. The smallest absolute Gasteiger partial charge is 0.322 e. The number of methoxy groups -OCH3 is 2. The Labute approximate surface area is 234 Å². The fourth-order valence-corrected chi connectivity index (χ4v) is 7.31. The van der Waals surface area contributed by atoms with Crippen LogP contribution in [0.25, 0.3) is 5.00 Å². The minimum Gasteiger partial charge on any atom is -0.493 e. The molecule has 1 N–H and O–H groups in total. The molecular weight excluding hydrogens is 506 g/mol. The predicted molar refractivity (Wildman–Crippen MR) is 157 cm³/mol. The van der Waals surface area contributed by atoms with E-state index in [9.17, 15) is 4.79 Å². The highest BCUT2D eigenvalue weighted by Gasteiger charge is 2.36. The van der Waals surface area contributed by atoms with Crippen molar-refractivity contribution in [3.63, 3.8) is 0 Å². The van der Waals surface area contributed by atoms with Gasteiger partial charge in [-0.3, -0.25) is 0 Å². The number of aryl methyl sites for hydroxylation is 1. The van der Waals surface area contributed by atoms with E-state index in [2.05, 4.69) is 66.3 Å². The Hall–Kier alpha value is -3.71. The number of anilines is 1. The van der Waals surface area contributed by atoms with Crippen molar-refractivity contribution in [3.05, 3.63) is 93.6 Å². The van der Waals surface area contributed by atoms with Crippen molar-refractivity contribution in [2.75, 3.05) is 19.5 Å². The van der Waals surface area contributed by atoms with Crippen LogP contribution in [0.15, 0.2) is 60.8 Å². The standard InChI is InChI=1S/C32H35N3O3S/c1-20(2)21-11-13-22(14-12-21)30-26-9-7-17-34(26)31-25(24-8-5-6-10-29(24)39-31)19-35(30)32(36)33-23-15-16-27(37-3)28(18-23)38-4/h7,9,11-18,20,30H,5-6,8,10,19H2,1-4H3,(H,33,36)/t30-/m0/s1. The van der Waals surface area contributed by atoms with E-state index >= 15 is 0 Å². The Morgan fingerprint density at radius 2 is 1.74 bits per heavy atom. The van der Waals surface area contributed by atoms with Crippen LogP contribution in [0.3, 0.4) is 0 Å². The maximum Gasteiger partial charge on any atom is 0.322 e. The third-order valence-electron chi connectivity index (χ3n) is 7.99. The number of rotatable bonds is 5. The first-order valence-corrected chi connectivity index (χ1v) is 14.5. The quantitative estimate of drug-likeness (QED) is 0.282. The molecule has 0 radical (unpaired) electrons. The van der Waals surface area contributed by atoms with Crippen molar-refractivity contribution < 1.29 is 14.3 Å². The molecule has 0 saturated heterocycles. The lowest BCUT2D eigenvalue weighted by molar-refractivity contribution is 0.194. The van der Waals surface area contributed by atoms with Gasteiger partial charge in [-0.2, -0.15) is 0 Å². The number of carbonyl (C=O) groups is 1. The molecule has 1 atom stereocenters. The molecule has 1 aliphatic carbocycles. The van der Waals surface area contributed by atoms with Crippen LogP contribution in [0.5, 0.6) is 11.5 Å². The van der Waals surface area contributed by atoms with Gasteiger partial charge in [-0.1, -0.05) is 38.1 Å². The molecular formula is C32H35N3O3S. The van der Waals surface area contributed by atoms with Crippen LogP contribution in [-0.4, -0.2) is 29.7 Å². The number of nitrogens with zero attached hydrogens (tertiary/aromatic N) is 2. The summed E-state index contributed by atoms with van der Waals surface area (Å²) in [5.41, 5.74) is 6.89. The van der Waals surface area contributed by atoms with E-state index in [4.69, 9.17) is 9.47 Å². The molecule has 202 valence electrons. The van der Waals surface area contributed by atoms with Gasteiger partial charge in [-0.25, -0.2) is 4.79 Å². The zero-order valence-electron chi connectivity index (χ0n) is 23.0. The number of hydrogen-bond donors (Lipinski definition) is 1. The van der Waals surface area contributed by atoms with Crippen molar-refractivity contribution in [3.8, 4) is 16.5 Å². The summed E-state index contributed by atoms with van der Waals surface area (Å²) >= 11 is 1.90.